The van der Waals surface area contributed by atoms with Crippen LogP contribution in [0.5, 0.6) is 0 Å². The first kappa shape index (κ1) is 9.47. The molecule has 0 radical (unpaired) electrons. The molecule has 76 valence electrons. The van der Waals surface area contributed by atoms with Crippen LogP contribution in [0.15, 0.2) is 0 Å². The van der Waals surface area contributed by atoms with E-state index in [0.29, 0.717) is 5.54 Å². The Morgan fingerprint density at radius 1 is 1.38 bits per heavy atom. The molecule has 13 heavy (non-hydrogen) atoms. The molecule has 2 rings (SSSR count). The van der Waals surface area contributed by atoms with E-state index in [1.54, 1.807) is 0 Å². The topological polar surface area (TPSA) is 21.3 Å². The van der Waals surface area contributed by atoms with Crippen molar-refractivity contribution in [2.75, 3.05) is 19.8 Å². The van der Waals surface area contributed by atoms with Gasteiger partial charge in [0.05, 0.1) is 6.61 Å². The molecule has 0 bridgehead atoms. The van der Waals surface area contributed by atoms with Crippen molar-refractivity contribution in [3.63, 3.8) is 0 Å². The van der Waals surface area contributed by atoms with Crippen LogP contribution in [0.3, 0.4) is 0 Å². The highest BCUT2D eigenvalue weighted by atomic mass is 16.5. The Morgan fingerprint density at radius 2 is 2.23 bits per heavy atom. The summed E-state index contributed by atoms with van der Waals surface area (Å²) in [6.07, 6.45) is 6.73. The molecule has 1 aliphatic carbocycles. The largest absolute Gasteiger partial charge is 0.381 e. The maximum atomic E-state index is 5.46. The SMILES string of the molecule is CC1(NCC2CCCOC2)CCC1. The van der Waals surface area contributed by atoms with Crippen LogP contribution < -0.4 is 5.32 Å². The standard InChI is InChI=1S/C11H21NO/c1-11(5-3-6-11)12-8-10-4-2-7-13-9-10/h10,12H,2-9H2,1H3. The molecule has 1 heterocycles. The van der Waals surface area contributed by atoms with E-state index < -0.39 is 0 Å². The first-order valence-corrected chi connectivity index (χ1v) is 5.61. The molecule has 2 aliphatic rings. The lowest BCUT2D eigenvalue weighted by Gasteiger charge is -2.40. The van der Waals surface area contributed by atoms with Crippen molar-refractivity contribution in [2.24, 2.45) is 5.92 Å². The first-order valence-electron chi connectivity index (χ1n) is 5.61. The van der Waals surface area contributed by atoms with Crippen molar-refractivity contribution in [3.05, 3.63) is 0 Å². The lowest BCUT2D eigenvalue weighted by molar-refractivity contribution is 0.0483. The number of nitrogens with one attached hydrogen (secondary N) is 1. The van der Waals surface area contributed by atoms with Crippen molar-refractivity contribution >= 4 is 0 Å². The monoisotopic (exact) mass is 183 g/mol. The lowest BCUT2D eigenvalue weighted by atomic mass is 9.78. The molecule has 1 saturated carbocycles. The van der Waals surface area contributed by atoms with Gasteiger partial charge in [0.15, 0.2) is 0 Å². The quantitative estimate of drug-likeness (QED) is 0.722. The van der Waals surface area contributed by atoms with Crippen molar-refractivity contribution in [3.8, 4) is 0 Å². The molecular formula is C11H21NO. The highest BCUT2D eigenvalue weighted by Crippen LogP contribution is 2.31. The zero-order chi connectivity index (χ0) is 9.15. The van der Waals surface area contributed by atoms with Crippen LogP contribution in [0.25, 0.3) is 0 Å². The summed E-state index contributed by atoms with van der Waals surface area (Å²) in [5.41, 5.74) is 0.470. The molecule has 2 heteroatoms. The minimum absolute atomic E-state index is 0.470. The lowest BCUT2D eigenvalue weighted by Crippen LogP contribution is -2.50. The van der Waals surface area contributed by atoms with Crippen molar-refractivity contribution in [1.29, 1.82) is 0 Å². The van der Waals surface area contributed by atoms with E-state index in [1.165, 1.54) is 32.1 Å². The van der Waals surface area contributed by atoms with Crippen molar-refractivity contribution in [2.45, 2.75) is 44.6 Å². The van der Waals surface area contributed by atoms with Gasteiger partial charge in [-0.3, -0.25) is 0 Å². The molecule has 0 amide bonds. The second-order valence-electron chi connectivity index (χ2n) is 4.88. The van der Waals surface area contributed by atoms with E-state index in [0.717, 1.165) is 25.7 Å². The summed E-state index contributed by atoms with van der Waals surface area (Å²) in [4.78, 5) is 0. The maximum Gasteiger partial charge on any atom is 0.0506 e. The summed E-state index contributed by atoms with van der Waals surface area (Å²) < 4.78 is 5.46. The van der Waals surface area contributed by atoms with Gasteiger partial charge in [-0.25, -0.2) is 0 Å². The van der Waals surface area contributed by atoms with Gasteiger partial charge < -0.3 is 10.1 Å². The maximum absolute atomic E-state index is 5.46. The summed E-state index contributed by atoms with van der Waals surface area (Å²) in [6, 6.07) is 0. The number of hydrogen-bond acceptors (Lipinski definition) is 2. The second-order valence-corrected chi connectivity index (χ2v) is 4.88. The molecule has 1 unspecified atom stereocenters. The van der Waals surface area contributed by atoms with E-state index in [9.17, 15) is 0 Å². The van der Waals surface area contributed by atoms with Crippen LogP contribution >= 0.6 is 0 Å². The van der Waals surface area contributed by atoms with Gasteiger partial charge >= 0.3 is 0 Å². The minimum atomic E-state index is 0.470. The molecule has 0 aromatic carbocycles. The molecule has 2 fully saturated rings. The van der Waals surface area contributed by atoms with Crippen LogP contribution in [0.2, 0.25) is 0 Å². The molecule has 0 aromatic heterocycles. The Morgan fingerprint density at radius 3 is 2.77 bits per heavy atom. The minimum Gasteiger partial charge on any atom is -0.381 e. The average Bonchev–Trinajstić information content (AvgIpc) is 2.13. The van der Waals surface area contributed by atoms with Crippen LogP contribution in [-0.4, -0.2) is 25.3 Å². The van der Waals surface area contributed by atoms with Gasteiger partial charge in [0.1, 0.15) is 0 Å². The first-order chi connectivity index (χ1) is 6.29. The van der Waals surface area contributed by atoms with Gasteiger partial charge in [0, 0.05) is 18.7 Å². The summed E-state index contributed by atoms with van der Waals surface area (Å²) in [6.45, 7) is 5.47. The van der Waals surface area contributed by atoms with E-state index in [2.05, 4.69) is 12.2 Å². The molecule has 0 aromatic rings. The Kier molecular flexibility index (Phi) is 2.89. The van der Waals surface area contributed by atoms with Crippen LogP contribution in [0.4, 0.5) is 0 Å². The molecule has 0 spiro atoms. The van der Waals surface area contributed by atoms with Gasteiger partial charge in [-0.2, -0.15) is 0 Å². The fourth-order valence-electron chi connectivity index (χ4n) is 2.24. The zero-order valence-corrected chi connectivity index (χ0v) is 8.64. The van der Waals surface area contributed by atoms with Gasteiger partial charge in [-0.1, -0.05) is 0 Å². The van der Waals surface area contributed by atoms with E-state index in [4.69, 9.17) is 4.74 Å². The fourth-order valence-corrected chi connectivity index (χ4v) is 2.24. The molecule has 1 N–H and O–H groups in total. The van der Waals surface area contributed by atoms with Gasteiger partial charge in [-0.05, 0) is 44.9 Å². The Balaban J connectivity index is 1.66. The Bertz CT molecular complexity index is 159. The third-order valence-corrected chi connectivity index (χ3v) is 3.53. The summed E-state index contributed by atoms with van der Waals surface area (Å²) in [5.74, 6) is 0.770. The van der Waals surface area contributed by atoms with Crippen molar-refractivity contribution < 1.29 is 4.74 Å². The summed E-state index contributed by atoms with van der Waals surface area (Å²) in [7, 11) is 0. The fraction of sp³-hybridized carbons (Fsp3) is 1.00. The average molecular weight is 183 g/mol. The predicted octanol–water partition coefficient (Wildman–Crippen LogP) is 1.95. The van der Waals surface area contributed by atoms with E-state index >= 15 is 0 Å². The third-order valence-electron chi connectivity index (χ3n) is 3.53. The number of hydrogen-bond donors (Lipinski definition) is 1. The molecule has 2 nitrogen and oxygen atoms in total. The van der Waals surface area contributed by atoms with Crippen LogP contribution in [0, 0.1) is 5.92 Å². The van der Waals surface area contributed by atoms with E-state index in [1.807, 2.05) is 0 Å². The smallest absolute Gasteiger partial charge is 0.0506 e. The van der Waals surface area contributed by atoms with E-state index in [-0.39, 0.29) is 0 Å². The normalized spacial score (nSPS) is 32.5. The van der Waals surface area contributed by atoms with Gasteiger partial charge in [-0.15, -0.1) is 0 Å². The van der Waals surface area contributed by atoms with Crippen LogP contribution in [0.1, 0.15) is 39.0 Å². The Labute approximate surface area is 81.0 Å². The Hall–Kier alpha value is -0.0800. The third kappa shape index (κ3) is 2.44. The highest BCUT2D eigenvalue weighted by molar-refractivity contribution is 4.91. The molecule has 1 aliphatic heterocycles. The molecule has 1 saturated heterocycles. The molecule has 1 atom stereocenters. The summed E-state index contributed by atoms with van der Waals surface area (Å²) >= 11 is 0. The second kappa shape index (κ2) is 3.97. The highest BCUT2D eigenvalue weighted by Gasteiger charge is 2.31. The number of rotatable bonds is 3. The van der Waals surface area contributed by atoms with Crippen molar-refractivity contribution in [1.82, 2.24) is 5.32 Å². The predicted molar refractivity (Wildman–Crippen MR) is 53.8 cm³/mol. The molecular weight excluding hydrogens is 162 g/mol. The van der Waals surface area contributed by atoms with Gasteiger partial charge in [0.2, 0.25) is 0 Å². The summed E-state index contributed by atoms with van der Waals surface area (Å²) in [5, 5.41) is 3.69. The zero-order valence-electron chi connectivity index (χ0n) is 8.64. The number of ether oxygens (including phenoxy) is 1. The van der Waals surface area contributed by atoms with Crippen LogP contribution in [-0.2, 0) is 4.74 Å². The van der Waals surface area contributed by atoms with Gasteiger partial charge in [0.25, 0.3) is 0 Å².